The van der Waals surface area contributed by atoms with Crippen molar-refractivity contribution in [2.45, 2.75) is 12.5 Å². The van der Waals surface area contributed by atoms with E-state index in [2.05, 4.69) is 10.3 Å². The second kappa shape index (κ2) is 5.64. The summed E-state index contributed by atoms with van der Waals surface area (Å²) in [6.45, 7) is 0.275. The van der Waals surface area contributed by atoms with E-state index in [-0.39, 0.29) is 18.2 Å². The molecule has 0 N–H and O–H groups in total. The molecule has 1 aromatic carbocycles. The van der Waals surface area contributed by atoms with Gasteiger partial charge in [-0.15, -0.1) is 11.6 Å². The molecule has 2 rings (SSSR count). The molecule has 0 spiro atoms. The molecule has 0 fully saturated rings. The van der Waals surface area contributed by atoms with Gasteiger partial charge in [-0.3, -0.25) is 4.79 Å². The lowest BCUT2D eigenvalue weighted by atomic mass is 10.1. The Morgan fingerprint density at radius 1 is 1.39 bits per heavy atom. The molecule has 0 unspecified atom stereocenters. The summed E-state index contributed by atoms with van der Waals surface area (Å²) in [7, 11) is 1.56. The second-order valence-corrected chi connectivity index (χ2v) is 3.99. The van der Waals surface area contributed by atoms with Gasteiger partial charge in [0.2, 0.25) is 0 Å². The highest BCUT2D eigenvalue weighted by Crippen LogP contribution is 2.12. The lowest BCUT2D eigenvalue weighted by molar-refractivity contribution is -0.122. The van der Waals surface area contributed by atoms with Crippen LogP contribution in [0.5, 0.6) is 0 Å². The van der Waals surface area contributed by atoms with Gasteiger partial charge in [-0.1, -0.05) is 29.4 Å². The molecule has 6 heteroatoms. The van der Waals surface area contributed by atoms with Crippen LogP contribution in [0.25, 0.3) is 0 Å². The quantitative estimate of drug-likeness (QED) is 0.615. The first-order chi connectivity index (χ1) is 8.72. The minimum absolute atomic E-state index is 0.195. The summed E-state index contributed by atoms with van der Waals surface area (Å²) in [5, 5.41) is 8.75. The number of alkyl halides is 1. The van der Waals surface area contributed by atoms with Crippen LogP contribution in [-0.2, 0) is 22.1 Å². The van der Waals surface area contributed by atoms with E-state index in [1.807, 2.05) is 24.3 Å². The number of amides is 1. The van der Waals surface area contributed by atoms with Gasteiger partial charge in [-0.2, -0.15) is 5.10 Å². The molecular formula is C12H12ClN3O2. The Morgan fingerprint density at radius 2 is 2.11 bits per heavy atom. The van der Waals surface area contributed by atoms with Crippen molar-refractivity contribution in [2.75, 3.05) is 7.05 Å². The molecule has 5 nitrogen and oxygen atoms in total. The van der Waals surface area contributed by atoms with Gasteiger partial charge in [-0.25, -0.2) is 5.01 Å². The Morgan fingerprint density at radius 3 is 2.72 bits per heavy atom. The molecule has 0 saturated carbocycles. The molecule has 94 valence electrons. The van der Waals surface area contributed by atoms with Gasteiger partial charge in [0, 0.05) is 12.9 Å². The van der Waals surface area contributed by atoms with E-state index < -0.39 is 0 Å². The summed E-state index contributed by atoms with van der Waals surface area (Å²) < 4.78 is 0. The SMILES string of the molecule is CN1N=CC(=NOCc2ccccc2CCl)C1=O. The summed E-state index contributed by atoms with van der Waals surface area (Å²) in [5.41, 5.74) is 2.14. The molecule has 0 aromatic heterocycles. The van der Waals surface area contributed by atoms with E-state index in [1.54, 1.807) is 7.05 Å². The average Bonchev–Trinajstić information content (AvgIpc) is 2.71. The van der Waals surface area contributed by atoms with E-state index >= 15 is 0 Å². The first-order valence-corrected chi connectivity index (χ1v) is 5.90. The fourth-order valence-electron chi connectivity index (χ4n) is 1.48. The Kier molecular flexibility index (Phi) is 3.94. The van der Waals surface area contributed by atoms with Crippen LogP contribution >= 0.6 is 11.6 Å². The van der Waals surface area contributed by atoms with Crippen molar-refractivity contribution in [2.24, 2.45) is 10.3 Å². The predicted molar refractivity (Wildman–Crippen MR) is 69.5 cm³/mol. The largest absolute Gasteiger partial charge is 0.390 e. The number of benzene rings is 1. The second-order valence-electron chi connectivity index (χ2n) is 3.73. The molecule has 1 aromatic rings. The maximum absolute atomic E-state index is 11.4. The van der Waals surface area contributed by atoms with Gasteiger partial charge < -0.3 is 4.84 Å². The number of carbonyl (C=O) groups is 1. The van der Waals surface area contributed by atoms with E-state index in [1.165, 1.54) is 11.2 Å². The molecule has 0 saturated heterocycles. The summed E-state index contributed by atoms with van der Waals surface area (Å²) in [6, 6.07) is 7.65. The van der Waals surface area contributed by atoms with E-state index in [0.717, 1.165) is 11.1 Å². The van der Waals surface area contributed by atoms with Crippen LogP contribution in [0.1, 0.15) is 11.1 Å². The van der Waals surface area contributed by atoms with Gasteiger partial charge in [0.1, 0.15) is 6.61 Å². The zero-order valence-corrected chi connectivity index (χ0v) is 10.6. The Balaban J connectivity index is 1.99. The first kappa shape index (κ1) is 12.6. The molecule has 1 aliphatic heterocycles. The van der Waals surface area contributed by atoms with Crippen LogP contribution in [0.2, 0.25) is 0 Å². The molecule has 0 aliphatic carbocycles. The number of oxime groups is 1. The molecule has 1 aliphatic rings. The van der Waals surface area contributed by atoms with Crippen molar-refractivity contribution in [1.29, 1.82) is 0 Å². The van der Waals surface area contributed by atoms with Gasteiger partial charge in [0.15, 0.2) is 5.71 Å². The smallest absolute Gasteiger partial charge is 0.297 e. The standard InChI is InChI=1S/C12H12ClN3O2/c1-16-12(17)11(7-14-16)15-18-8-10-5-3-2-4-9(10)6-13/h2-5,7H,6,8H2,1H3. The Bertz CT molecular complexity index is 514. The Hall–Kier alpha value is -1.88. The lowest BCUT2D eigenvalue weighted by Crippen LogP contribution is -2.22. The molecular weight excluding hydrogens is 254 g/mol. The summed E-state index contributed by atoms with van der Waals surface area (Å²) in [5.74, 6) is 0.139. The van der Waals surface area contributed by atoms with Crippen molar-refractivity contribution < 1.29 is 9.63 Å². The van der Waals surface area contributed by atoms with Crippen molar-refractivity contribution in [3.8, 4) is 0 Å². The molecule has 0 atom stereocenters. The fourth-order valence-corrected chi connectivity index (χ4v) is 1.74. The molecule has 0 radical (unpaired) electrons. The van der Waals surface area contributed by atoms with Crippen LogP contribution in [0.3, 0.4) is 0 Å². The van der Waals surface area contributed by atoms with Crippen LogP contribution in [0.4, 0.5) is 0 Å². The third-order valence-electron chi connectivity index (χ3n) is 2.51. The van der Waals surface area contributed by atoms with Gasteiger partial charge >= 0.3 is 0 Å². The third kappa shape index (κ3) is 2.68. The van der Waals surface area contributed by atoms with Crippen LogP contribution in [0.15, 0.2) is 34.5 Å². The average molecular weight is 266 g/mol. The van der Waals surface area contributed by atoms with Crippen molar-refractivity contribution >= 4 is 29.4 Å². The summed E-state index contributed by atoms with van der Waals surface area (Å²) in [6.07, 6.45) is 1.37. The summed E-state index contributed by atoms with van der Waals surface area (Å²) >= 11 is 5.81. The fraction of sp³-hybridized carbons (Fsp3) is 0.250. The van der Waals surface area contributed by atoms with Crippen molar-refractivity contribution in [1.82, 2.24) is 5.01 Å². The minimum atomic E-state index is -0.277. The lowest BCUT2D eigenvalue weighted by Gasteiger charge is -2.05. The normalized spacial score (nSPS) is 16.7. The number of halogens is 1. The highest BCUT2D eigenvalue weighted by molar-refractivity contribution is 6.62. The number of rotatable bonds is 4. The van der Waals surface area contributed by atoms with Gasteiger partial charge in [-0.05, 0) is 11.1 Å². The number of hydrogen-bond donors (Lipinski definition) is 0. The maximum atomic E-state index is 11.4. The topological polar surface area (TPSA) is 54.3 Å². The molecule has 1 heterocycles. The van der Waals surface area contributed by atoms with Crippen LogP contribution in [-0.4, -0.2) is 29.9 Å². The number of hydrogen-bond acceptors (Lipinski definition) is 4. The van der Waals surface area contributed by atoms with E-state index in [9.17, 15) is 4.79 Å². The number of carbonyl (C=O) groups excluding carboxylic acids is 1. The third-order valence-corrected chi connectivity index (χ3v) is 2.80. The molecule has 18 heavy (non-hydrogen) atoms. The van der Waals surface area contributed by atoms with Crippen molar-refractivity contribution in [3.63, 3.8) is 0 Å². The van der Waals surface area contributed by atoms with E-state index in [0.29, 0.717) is 5.88 Å². The zero-order valence-electron chi connectivity index (χ0n) is 9.84. The van der Waals surface area contributed by atoms with Gasteiger partial charge in [0.25, 0.3) is 5.91 Å². The Labute approximate surface area is 110 Å². The van der Waals surface area contributed by atoms with Crippen molar-refractivity contribution in [3.05, 3.63) is 35.4 Å². The monoisotopic (exact) mass is 265 g/mol. The molecule has 0 bridgehead atoms. The molecule has 1 amide bonds. The van der Waals surface area contributed by atoms with Gasteiger partial charge in [0.05, 0.1) is 6.21 Å². The maximum Gasteiger partial charge on any atom is 0.297 e. The number of hydrazone groups is 1. The highest BCUT2D eigenvalue weighted by atomic mass is 35.5. The first-order valence-electron chi connectivity index (χ1n) is 5.37. The zero-order chi connectivity index (χ0) is 13.0. The minimum Gasteiger partial charge on any atom is -0.390 e. The van der Waals surface area contributed by atoms with Crippen LogP contribution < -0.4 is 0 Å². The number of nitrogens with zero attached hydrogens (tertiary/aromatic N) is 3. The predicted octanol–water partition coefficient (Wildman–Crippen LogP) is 1.76. The summed E-state index contributed by atoms with van der Waals surface area (Å²) in [4.78, 5) is 16.6. The van der Waals surface area contributed by atoms with E-state index in [4.69, 9.17) is 16.4 Å². The highest BCUT2D eigenvalue weighted by Gasteiger charge is 2.21. The van der Waals surface area contributed by atoms with Crippen LogP contribution in [0, 0.1) is 0 Å².